The summed E-state index contributed by atoms with van der Waals surface area (Å²) in [7, 11) is -3.90. The highest BCUT2D eigenvalue weighted by atomic mass is 35.5. The van der Waals surface area contributed by atoms with Gasteiger partial charge in [0.1, 0.15) is 5.75 Å². The van der Waals surface area contributed by atoms with Crippen LogP contribution in [-0.4, -0.2) is 20.9 Å². The highest BCUT2D eigenvalue weighted by Gasteiger charge is 2.21. The predicted molar refractivity (Wildman–Crippen MR) is 87.8 cm³/mol. The summed E-state index contributed by atoms with van der Waals surface area (Å²) in [5, 5.41) is 2.89. The molecule has 0 saturated carbocycles. The number of ether oxygens (including phenoxy) is 1. The summed E-state index contributed by atoms with van der Waals surface area (Å²) in [6.07, 6.45) is 0. The summed E-state index contributed by atoms with van der Waals surface area (Å²) in [4.78, 5) is 11.3. The molecular formula is C14H10Cl2N2O4S. The zero-order valence-corrected chi connectivity index (χ0v) is 13.8. The summed E-state index contributed by atoms with van der Waals surface area (Å²) in [6, 6.07) is 8.78. The molecule has 1 aliphatic rings. The fourth-order valence-electron chi connectivity index (χ4n) is 2.02. The standard InChI is InChI=1S/C14H10Cl2N2O4S/c15-9-2-1-3-10(14(9)16)18-23(20,21)8-4-5-12-11(6-8)17-13(19)7-22-12/h1-6,18H,7H2,(H,17,19). The van der Waals surface area contributed by atoms with E-state index in [1.165, 1.54) is 24.3 Å². The number of carbonyl (C=O) groups is 1. The van der Waals surface area contributed by atoms with Crippen molar-refractivity contribution in [1.29, 1.82) is 0 Å². The second kappa shape index (κ2) is 5.92. The lowest BCUT2D eigenvalue weighted by molar-refractivity contribution is -0.118. The van der Waals surface area contributed by atoms with E-state index in [1.807, 2.05) is 0 Å². The minimum Gasteiger partial charge on any atom is -0.482 e. The molecule has 6 nitrogen and oxygen atoms in total. The largest absolute Gasteiger partial charge is 0.482 e. The van der Waals surface area contributed by atoms with Crippen LogP contribution in [0.5, 0.6) is 5.75 Å². The number of sulfonamides is 1. The van der Waals surface area contributed by atoms with Crippen molar-refractivity contribution in [2.24, 2.45) is 0 Å². The van der Waals surface area contributed by atoms with E-state index in [2.05, 4.69) is 10.0 Å². The third kappa shape index (κ3) is 3.21. The molecular weight excluding hydrogens is 363 g/mol. The fourth-order valence-corrected chi connectivity index (χ4v) is 3.52. The van der Waals surface area contributed by atoms with Crippen LogP contribution < -0.4 is 14.8 Å². The number of hydrogen-bond acceptors (Lipinski definition) is 4. The maximum absolute atomic E-state index is 12.5. The highest BCUT2D eigenvalue weighted by Crippen LogP contribution is 2.33. The van der Waals surface area contributed by atoms with E-state index >= 15 is 0 Å². The van der Waals surface area contributed by atoms with Crippen LogP contribution >= 0.6 is 23.2 Å². The zero-order chi connectivity index (χ0) is 16.6. The van der Waals surface area contributed by atoms with Gasteiger partial charge in [-0.05, 0) is 30.3 Å². The Kier molecular flexibility index (Phi) is 4.09. The second-order valence-corrected chi connectivity index (χ2v) is 7.17. The Hall–Kier alpha value is -1.96. The number of rotatable bonds is 3. The Bertz CT molecular complexity index is 900. The molecule has 1 amide bonds. The van der Waals surface area contributed by atoms with E-state index in [4.69, 9.17) is 27.9 Å². The van der Waals surface area contributed by atoms with Crippen LogP contribution in [0.4, 0.5) is 11.4 Å². The van der Waals surface area contributed by atoms with E-state index in [1.54, 1.807) is 12.1 Å². The highest BCUT2D eigenvalue weighted by molar-refractivity contribution is 7.92. The van der Waals surface area contributed by atoms with Crippen molar-refractivity contribution >= 4 is 50.5 Å². The number of hydrogen-bond donors (Lipinski definition) is 2. The molecule has 120 valence electrons. The molecule has 1 heterocycles. The van der Waals surface area contributed by atoms with Crippen molar-refractivity contribution in [3.05, 3.63) is 46.4 Å². The molecule has 0 unspecified atom stereocenters. The molecule has 0 saturated heterocycles. The van der Waals surface area contributed by atoms with Crippen molar-refractivity contribution in [2.75, 3.05) is 16.6 Å². The van der Waals surface area contributed by atoms with Gasteiger partial charge in [0.25, 0.3) is 15.9 Å². The summed E-state index contributed by atoms with van der Waals surface area (Å²) in [5.41, 5.74) is 0.457. The van der Waals surface area contributed by atoms with Crippen molar-refractivity contribution in [2.45, 2.75) is 4.90 Å². The number of nitrogens with one attached hydrogen (secondary N) is 2. The first-order valence-electron chi connectivity index (χ1n) is 6.40. The van der Waals surface area contributed by atoms with Gasteiger partial charge in [0, 0.05) is 0 Å². The minimum absolute atomic E-state index is 0.0434. The Morgan fingerprint density at radius 3 is 2.74 bits per heavy atom. The van der Waals surface area contributed by atoms with E-state index in [-0.39, 0.29) is 33.1 Å². The van der Waals surface area contributed by atoms with Gasteiger partial charge >= 0.3 is 0 Å². The molecule has 0 fully saturated rings. The van der Waals surface area contributed by atoms with E-state index in [9.17, 15) is 13.2 Å². The van der Waals surface area contributed by atoms with Gasteiger partial charge in [0.05, 0.1) is 26.3 Å². The molecule has 0 aliphatic carbocycles. The van der Waals surface area contributed by atoms with Gasteiger partial charge < -0.3 is 10.1 Å². The molecule has 0 atom stereocenters. The molecule has 2 aromatic carbocycles. The molecule has 1 aliphatic heterocycles. The van der Waals surface area contributed by atoms with Gasteiger partial charge in [-0.25, -0.2) is 8.42 Å². The first-order valence-corrected chi connectivity index (χ1v) is 8.64. The molecule has 3 rings (SSSR count). The summed E-state index contributed by atoms with van der Waals surface area (Å²) in [5.74, 6) is 0.0576. The van der Waals surface area contributed by atoms with Crippen LogP contribution in [0.3, 0.4) is 0 Å². The van der Waals surface area contributed by atoms with Crippen molar-refractivity contribution in [3.63, 3.8) is 0 Å². The Morgan fingerprint density at radius 2 is 1.96 bits per heavy atom. The number of anilines is 2. The Morgan fingerprint density at radius 1 is 1.17 bits per heavy atom. The van der Waals surface area contributed by atoms with Gasteiger partial charge in [-0.1, -0.05) is 29.3 Å². The third-order valence-corrected chi connectivity index (χ3v) is 5.27. The van der Waals surface area contributed by atoms with Crippen LogP contribution in [0.15, 0.2) is 41.3 Å². The Balaban J connectivity index is 1.95. The molecule has 0 bridgehead atoms. The summed E-state index contributed by atoms with van der Waals surface area (Å²) >= 11 is 11.9. The fraction of sp³-hybridized carbons (Fsp3) is 0.0714. The number of carbonyl (C=O) groups excluding carboxylic acids is 1. The Labute approximate surface area is 142 Å². The number of amides is 1. The first kappa shape index (κ1) is 15.9. The molecule has 0 spiro atoms. The molecule has 0 aromatic heterocycles. The van der Waals surface area contributed by atoms with Crippen LogP contribution in [0.2, 0.25) is 10.0 Å². The van der Waals surface area contributed by atoms with E-state index in [0.717, 1.165) is 0 Å². The number of fused-ring (bicyclic) bond motifs is 1. The van der Waals surface area contributed by atoms with Gasteiger partial charge in [-0.2, -0.15) is 0 Å². The molecule has 9 heteroatoms. The SMILES string of the molecule is O=C1COc2ccc(S(=O)(=O)Nc3cccc(Cl)c3Cl)cc2N1. The van der Waals surface area contributed by atoms with Crippen LogP contribution in [0.25, 0.3) is 0 Å². The average Bonchev–Trinajstić information content (AvgIpc) is 2.51. The van der Waals surface area contributed by atoms with Gasteiger partial charge in [0.15, 0.2) is 6.61 Å². The normalized spacial score (nSPS) is 13.7. The molecule has 2 N–H and O–H groups in total. The smallest absolute Gasteiger partial charge is 0.262 e. The van der Waals surface area contributed by atoms with Crippen molar-refractivity contribution in [1.82, 2.24) is 0 Å². The van der Waals surface area contributed by atoms with E-state index in [0.29, 0.717) is 11.4 Å². The van der Waals surface area contributed by atoms with Crippen molar-refractivity contribution < 1.29 is 17.9 Å². The van der Waals surface area contributed by atoms with Gasteiger partial charge in [-0.3, -0.25) is 9.52 Å². The average molecular weight is 373 g/mol. The molecule has 2 aromatic rings. The predicted octanol–water partition coefficient (Wildman–Crippen LogP) is 3.13. The quantitative estimate of drug-likeness (QED) is 0.866. The lowest BCUT2D eigenvalue weighted by atomic mass is 10.2. The van der Waals surface area contributed by atoms with Crippen LogP contribution in [0, 0.1) is 0 Å². The van der Waals surface area contributed by atoms with Crippen molar-refractivity contribution in [3.8, 4) is 5.75 Å². The number of benzene rings is 2. The molecule has 0 radical (unpaired) electrons. The maximum Gasteiger partial charge on any atom is 0.262 e. The summed E-state index contributed by atoms with van der Waals surface area (Å²) < 4.78 is 32.5. The lowest BCUT2D eigenvalue weighted by Gasteiger charge is -2.18. The first-order chi connectivity index (χ1) is 10.9. The monoisotopic (exact) mass is 372 g/mol. The zero-order valence-electron chi connectivity index (χ0n) is 11.5. The third-order valence-electron chi connectivity index (χ3n) is 3.09. The van der Waals surface area contributed by atoms with Crippen LogP contribution in [0.1, 0.15) is 0 Å². The maximum atomic E-state index is 12.5. The minimum atomic E-state index is -3.90. The lowest BCUT2D eigenvalue weighted by Crippen LogP contribution is -2.25. The summed E-state index contributed by atoms with van der Waals surface area (Å²) in [6.45, 7) is -0.102. The van der Waals surface area contributed by atoms with E-state index < -0.39 is 10.0 Å². The van der Waals surface area contributed by atoms with Crippen LogP contribution in [-0.2, 0) is 14.8 Å². The topological polar surface area (TPSA) is 84.5 Å². The number of halogens is 2. The van der Waals surface area contributed by atoms with Gasteiger partial charge in [-0.15, -0.1) is 0 Å². The second-order valence-electron chi connectivity index (χ2n) is 4.70. The van der Waals surface area contributed by atoms with Gasteiger partial charge in [0.2, 0.25) is 0 Å². The molecule has 23 heavy (non-hydrogen) atoms.